The van der Waals surface area contributed by atoms with Crippen molar-refractivity contribution >= 4 is 17.3 Å². The van der Waals surface area contributed by atoms with Gasteiger partial charge in [0, 0.05) is 33.4 Å². The lowest BCUT2D eigenvalue weighted by molar-refractivity contribution is 0.00708. The van der Waals surface area contributed by atoms with Crippen LogP contribution in [-0.4, -0.2) is 176 Å². The monoisotopic (exact) mass is 960 g/mol. The third-order valence-electron chi connectivity index (χ3n) is 10.5. The maximum absolute atomic E-state index is 14.6. The van der Waals surface area contributed by atoms with Crippen molar-refractivity contribution in [2.45, 2.75) is 0 Å². The smallest absolute Gasteiger partial charge is 0.193 e. The van der Waals surface area contributed by atoms with Crippen molar-refractivity contribution in [2.75, 3.05) is 159 Å². The Labute approximate surface area is 401 Å². The molecule has 0 saturated carbocycles. The predicted octanol–water partition coefficient (Wildman–Crippen LogP) is 4.84. The fraction of sp³-hybridized carbons (Fsp3) is 0.471. The zero-order valence-corrected chi connectivity index (χ0v) is 38.7. The minimum absolute atomic E-state index is 0.0729. The van der Waals surface area contributed by atoms with E-state index in [4.69, 9.17) is 71.1 Å². The minimum Gasteiger partial charge on any atom is -0.487 e. The van der Waals surface area contributed by atoms with Crippen molar-refractivity contribution in [1.29, 1.82) is 0 Å². The first-order valence-electron chi connectivity index (χ1n) is 23.2. The highest BCUT2D eigenvalue weighted by Gasteiger charge is 2.23. The van der Waals surface area contributed by atoms with Gasteiger partial charge in [-0.2, -0.15) is 0 Å². The van der Waals surface area contributed by atoms with Crippen molar-refractivity contribution in [3.63, 3.8) is 0 Å². The fourth-order valence-corrected chi connectivity index (χ4v) is 7.05. The number of hydrogen-bond acceptors (Lipinski definition) is 18. The van der Waals surface area contributed by atoms with Crippen LogP contribution >= 0.6 is 0 Å². The van der Waals surface area contributed by atoms with Crippen LogP contribution in [0.25, 0.3) is 0 Å². The molecule has 0 atom stereocenters. The molecule has 0 saturated heterocycles. The number of benzene rings is 4. The van der Waals surface area contributed by atoms with Crippen LogP contribution in [0.5, 0.6) is 34.5 Å². The van der Waals surface area contributed by atoms with E-state index in [-0.39, 0.29) is 92.8 Å². The van der Waals surface area contributed by atoms with Gasteiger partial charge in [0.05, 0.1) is 119 Å². The van der Waals surface area contributed by atoms with Gasteiger partial charge in [-0.05, 0) is 72.8 Å². The zero-order valence-electron chi connectivity index (χ0n) is 38.7. The largest absolute Gasteiger partial charge is 0.487 e. The Morgan fingerprint density at radius 3 is 0.623 bits per heavy atom. The molecule has 4 aromatic rings. The van der Waals surface area contributed by atoms with Crippen molar-refractivity contribution in [2.24, 2.45) is 0 Å². The topological polar surface area (TPSA) is 190 Å². The first-order chi connectivity index (χ1) is 34.0. The Hall–Kier alpha value is -5.67. The van der Waals surface area contributed by atoms with Crippen molar-refractivity contribution in [1.82, 2.24) is 0 Å². The van der Waals surface area contributed by atoms with E-state index in [0.717, 1.165) is 0 Å². The summed E-state index contributed by atoms with van der Waals surface area (Å²) in [6.45, 7) is 7.78. The second-order valence-electron chi connectivity index (χ2n) is 15.4. The first-order valence-corrected chi connectivity index (χ1v) is 23.2. The SMILES string of the molecule is O=C(c1cc(C(=O)c2ccc3c(c2)OCCOCCOCCOCCO3)cc(C(=O)c2ccc3c(c2)OCCOCCOCCOCCO3)c1)c1ccc2c(c1)OCCOCCOCCOCCO2. The van der Waals surface area contributed by atoms with Crippen LogP contribution in [0.4, 0.5) is 0 Å². The summed E-state index contributed by atoms with van der Waals surface area (Å²) in [6, 6.07) is 18.8. The second-order valence-corrected chi connectivity index (χ2v) is 15.4. The Balaban J connectivity index is 1.21. The molecule has 3 aliphatic rings. The highest BCUT2D eigenvalue weighted by molar-refractivity contribution is 6.17. The normalized spacial score (nSPS) is 18.3. The summed E-state index contributed by atoms with van der Waals surface area (Å²) in [7, 11) is 0. The summed E-state index contributed by atoms with van der Waals surface area (Å²) < 4.78 is 86.5. The number of rotatable bonds is 6. The van der Waals surface area contributed by atoms with Crippen LogP contribution in [0.2, 0.25) is 0 Å². The molecule has 3 aliphatic heterocycles. The maximum atomic E-state index is 14.6. The van der Waals surface area contributed by atoms with E-state index in [1.54, 1.807) is 54.6 Å². The van der Waals surface area contributed by atoms with E-state index < -0.39 is 17.3 Å². The fourth-order valence-electron chi connectivity index (χ4n) is 7.05. The van der Waals surface area contributed by atoms with Gasteiger partial charge in [0.25, 0.3) is 0 Å². The number of ketones is 3. The van der Waals surface area contributed by atoms with E-state index >= 15 is 0 Å². The van der Waals surface area contributed by atoms with E-state index in [1.807, 2.05) is 0 Å². The van der Waals surface area contributed by atoms with Crippen LogP contribution in [0.15, 0.2) is 72.8 Å². The van der Waals surface area contributed by atoms with Crippen LogP contribution in [0, 0.1) is 0 Å². The van der Waals surface area contributed by atoms with Crippen LogP contribution < -0.4 is 28.4 Å². The third-order valence-corrected chi connectivity index (χ3v) is 10.5. The molecule has 372 valence electrons. The molecule has 0 radical (unpaired) electrons. The Bertz CT molecular complexity index is 1990. The van der Waals surface area contributed by atoms with Crippen LogP contribution in [0.3, 0.4) is 0 Å². The lowest BCUT2D eigenvalue weighted by Gasteiger charge is -2.16. The quantitative estimate of drug-likeness (QED) is 0.239. The molecule has 0 unspecified atom stereocenters. The summed E-state index contributed by atoms with van der Waals surface area (Å²) >= 11 is 0. The molecule has 0 spiro atoms. The standard InChI is InChI=1S/C51H60O18/c52-49(37-1-4-43-46(34-37)67-28-22-61-16-10-55-7-13-58-19-25-64-43)40-31-41(50(53)38-2-5-44-47(35-38)68-29-23-62-17-11-56-8-14-59-20-26-65-44)33-42(32-40)51(54)39-3-6-45-48(36-39)69-30-24-63-18-12-57-9-15-60-21-27-66-45/h1-6,31-36H,7-30H2. The van der Waals surface area contributed by atoms with Crippen molar-refractivity contribution < 1.29 is 85.4 Å². The van der Waals surface area contributed by atoms with E-state index in [9.17, 15) is 14.4 Å². The highest BCUT2D eigenvalue weighted by Crippen LogP contribution is 2.34. The molecule has 4 aromatic carbocycles. The predicted molar refractivity (Wildman–Crippen MR) is 246 cm³/mol. The summed E-state index contributed by atoms with van der Waals surface area (Å²) in [5.41, 5.74) is 0.884. The van der Waals surface area contributed by atoms with Gasteiger partial charge in [-0.3, -0.25) is 14.4 Å². The molecule has 3 heterocycles. The highest BCUT2D eigenvalue weighted by atomic mass is 16.6. The van der Waals surface area contributed by atoms with Crippen LogP contribution in [-0.2, 0) is 42.6 Å². The Morgan fingerprint density at radius 1 is 0.217 bits per heavy atom. The van der Waals surface area contributed by atoms with Gasteiger partial charge in [-0.1, -0.05) is 0 Å². The summed E-state index contributed by atoms with van der Waals surface area (Å²) in [6.07, 6.45) is 0. The molecule has 0 fully saturated rings. The lowest BCUT2D eigenvalue weighted by Crippen LogP contribution is -2.13. The summed E-state index contributed by atoms with van der Waals surface area (Å²) in [4.78, 5) is 43.9. The van der Waals surface area contributed by atoms with Gasteiger partial charge in [0.1, 0.15) is 39.6 Å². The Kier molecular flexibility index (Phi) is 21.3. The summed E-state index contributed by atoms with van der Waals surface area (Å²) in [5.74, 6) is 0.672. The molecule has 7 rings (SSSR count). The number of carbonyl (C=O) groups excluding carboxylic acids is 3. The molecule has 0 aromatic heterocycles. The Morgan fingerprint density at radius 2 is 0.406 bits per heavy atom. The molecule has 0 aliphatic carbocycles. The molecule has 18 heteroatoms. The average molecular weight is 961 g/mol. The molecular formula is C51H60O18. The van der Waals surface area contributed by atoms with Gasteiger partial charge < -0.3 is 71.1 Å². The average Bonchev–Trinajstić information content (AvgIpc) is 3.40. The van der Waals surface area contributed by atoms with Gasteiger partial charge >= 0.3 is 0 Å². The molecule has 0 N–H and O–H groups in total. The van der Waals surface area contributed by atoms with Gasteiger partial charge in [0.15, 0.2) is 51.8 Å². The third kappa shape index (κ3) is 16.5. The molecular weight excluding hydrogens is 901 g/mol. The second kappa shape index (κ2) is 28.7. The van der Waals surface area contributed by atoms with E-state index in [2.05, 4.69) is 0 Å². The molecule has 69 heavy (non-hydrogen) atoms. The molecule has 0 amide bonds. The molecule has 18 nitrogen and oxygen atoms in total. The number of ether oxygens (including phenoxy) is 15. The minimum atomic E-state index is -0.480. The number of carbonyl (C=O) groups is 3. The lowest BCUT2D eigenvalue weighted by atomic mass is 9.92. The zero-order chi connectivity index (χ0) is 47.7. The summed E-state index contributed by atoms with van der Waals surface area (Å²) in [5, 5.41) is 0. The van der Waals surface area contributed by atoms with Gasteiger partial charge in [-0.15, -0.1) is 0 Å². The van der Waals surface area contributed by atoms with E-state index in [0.29, 0.717) is 134 Å². The number of hydrogen-bond donors (Lipinski definition) is 0. The number of fused-ring (bicyclic) bond motifs is 3. The van der Waals surface area contributed by atoms with Gasteiger partial charge in [-0.25, -0.2) is 0 Å². The maximum Gasteiger partial charge on any atom is 0.193 e. The first kappa shape index (κ1) is 51.2. The van der Waals surface area contributed by atoms with Crippen molar-refractivity contribution in [3.8, 4) is 34.5 Å². The van der Waals surface area contributed by atoms with Gasteiger partial charge in [0.2, 0.25) is 0 Å². The molecule has 0 bridgehead atoms. The van der Waals surface area contributed by atoms with Crippen molar-refractivity contribution in [3.05, 3.63) is 106 Å². The van der Waals surface area contributed by atoms with Crippen LogP contribution in [0.1, 0.15) is 47.8 Å². The van der Waals surface area contributed by atoms with E-state index in [1.165, 1.54) is 18.2 Å².